The first-order chi connectivity index (χ1) is 16.9. The molecule has 6 heteroatoms. The summed E-state index contributed by atoms with van der Waals surface area (Å²) in [6, 6.07) is 31.5. The van der Waals surface area contributed by atoms with Gasteiger partial charge < -0.3 is 9.52 Å². The molecule has 0 aliphatic rings. The predicted molar refractivity (Wildman–Crippen MR) is 136 cm³/mol. The van der Waals surface area contributed by atoms with Crippen LogP contribution in [0.4, 0.5) is 4.39 Å². The summed E-state index contributed by atoms with van der Waals surface area (Å²) in [6.07, 6.45) is 1.17. The summed E-state index contributed by atoms with van der Waals surface area (Å²) < 4.78 is 19.0. The van der Waals surface area contributed by atoms with Crippen LogP contribution in [-0.2, 0) is 24.9 Å². The molecule has 0 fully saturated rings. The molecule has 3 aromatic carbocycles. The van der Waals surface area contributed by atoms with Crippen molar-refractivity contribution in [2.75, 3.05) is 0 Å². The standard InChI is InChI=1S/C25H15FNO.C5H8O2.Ir/c26-21-11-9-18(10-12-21)25-16-23-24(28-25)14-13-22(27-23)20-8-4-7-19(15-20)17-5-2-1-3-6-17;1-4(6)3-5(2)7;/h1-7,9-16H;3,6H,1-2H3;/q-1;;/b;4-3-;. The molecule has 5 rings (SSSR count). The van der Waals surface area contributed by atoms with E-state index in [2.05, 4.69) is 24.3 Å². The minimum Gasteiger partial charge on any atom is -0.512 e. The Morgan fingerprint density at radius 1 is 0.917 bits per heavy atom. The maximum atomic E-state index is 13.2. The molecule has 0 spiro atoms. The van der Waals surface area contributed by atoms with Crippen LogP contribution in [0.25, 0.3) is 44.8 Å². The van der Waals surface area contributed by atoms with Crippen LogP contribution in [0.3, 0.4) is 0 Å². The number of ketones is 1. The second-order valence-corrected chi connectivity index (χ2v) is 7.95. The van der Waals surface area contributed by atoms with Crippen LogP contribution in [0.1, 0.15) is 13.8 Å². The van der Waals surface area contributed by atoms with Crippen molar-refractivity contribution >= 4 is 16.9 Å². The van der Waals surface area contributed by atoms with Gasteiger partial charge in [0, 0.05) is 37.8 Å². The molecule has 1 radical (unpaired) electrons. The number of aliphatic hydroxyl groups is 1. The van der Waals surface area contributed by atoms with E-state index in [4.69, 9.17) is 14.5 Å². The van der Waals surface area contributed by atoms with E-state index in [0.717, 1.165) is 33.5 Å². The molecule has 0 saturated carbocycles. The Morgan fingerprint density at radius 3 is 2.28 bits per heavy atom. The van der Waals surface area contributed by atoms with E-state index in [9.17, 15) is 9.18 Å². The van der Waals surface area contributed by atoms with Crippen LogP contribution in [0.15, 0.2) is 107 Å². The third-order valence-corrected chi connectivity index (χ3v) is 5.10. The van der Waals surface area contributed by atoms with Gasteiger partial charge in [-0.3, -0.25) is 9.78 Å². The van der Waals surface area contributed by atoms with Gasteiger partial charge in [0.2, 0.25) is 0 Å². The normalized spacial score (nSPS) is 10.8. The van der Waals surface area contributed by atoms with Crippen molar-refractivity contribution in [3.8, 4) is 33.7 Å². The van der Waals surface area contributed by atoms with Crippen molar-refractivity contribution in [2.24, 2.45) is 0 Å². The molecule has 0 amide bonds. The molecular weight excluding hydrogens is 634 g/mol. The number of allylic oxidation sites excluding steroid dienone is 2. The van der Waals surface area contributed by atoms with Crippen LogP contribution < -0.4 is 0 Å². The molecule has 0 bridgehead atoms. The fourth-order valence-electron chi connectivity index (χ4n) is 3.55. The second kappa shape index (κ2) is 12.2. The smallest absolute Gasteiger partial charge is 0.155 e. The molecule has 1 N–H and O–H groups in total. The number of aliphatic hydroxyl groups excluding tert-OH is 1. The van der Waals surface area contributed by atoms with Gasteiger partial charge in [-0.1, -0.05) is 36.4 Å². The molecule has 2 aromatic heterocycles. The zero-order valence-electron chi connectivity index (χ0n) is 19.7. The van der Waals surface area contributed by atoms with E-state index in [-0.39, 0.29) is 37.5 Å². The zero-order valence-corrected chi connectivity index (χ0v) is 22.1. The van der Waals surface area contributed by atoms with Crippen LogP contribution in [0.5, 0.6) is 0 Å². The Labute approximate surface area is 222 Å². The summed E-state index contributed by atoms with van der Waals surface area (Å²) in [5.41, 5.74) is 6.30. The summed E-state index contributed by atoms with van der Waals surface area (Å²) >= 11 is 0. The first-order valence-corrected chi connectivity index (χ1v) is 11.0. The first-order valence-electron chi connectivity index (χ1n) is 11.0. The summed E-state index contributed by atoms with van der Waals surface area (Å²) in [5.74, 6) is 0.336. The number of aromatic nitrogens is 1. The summed E-state index contributed by atoms with van der Waals surface area (Å²) in [6.45, 7) is 2.85. The molecule has 5 aromatic rings. The van der Waals surface area contributed by atoms with Gasteiger partial charge in [0.25, 0.3) is 0 Å². The number of carbonyl (C=O) groups excluding carboxylic acids is 1. The number of furan rings is 1. The van der Waals surface area contributed by atoms with E-state index < -0.39 is 0 Å². The minimum atomic E-state index is -0.269. The number of nitrogens with zero attached hydrogens (tertiary/aromatic N) is 1. The minimum absolute atomic E-state index is 0. The van der Waals surface area contributed by atoms with Gasteiger partial charge in [0.15, 0.2) is 11.4 Å². The average molecular weight is 657 g/mol. The molecule has 0 unspecified atom stereocenters. The second-order valence-electron chi connectivity index (χ2n) is 7.95. The molecule has 183 valence electrons. The van der Waals surface area contributed by atoms with E-state index in [1.54, 1.807) is 12.1 Å². The van der Waals surface area contributed by atoms with Crippen LogP contribution >= 0.6 is 0 Å². The topological polar surface area (TPSA) is 63.3 Å². The van der Waals surface area contributed by atoms with Gasteiger partial charge in [-0.05, 0) is 55.4 Å². The quantitative estimate of drug-likeness (QED) is 0.122. The van der Waals surface area contributed by atoms with Gasteiger partial charge in [-0.25, -0.2) is 4.39 Å². The third-order valence-electron chi connectivity index (χ3n) is 5.10. The zero-order chi connectivity index (χ0) is 24.8. The number of halogens is 1. The van der Waals surface area contributed by atoms with Crippen molar-refractivity contribution in [3.63, 3.8) is 0 Å². The molecular formula is C30H23FIrNO3-. The molecule has 36 heavy (non-hydrogen) atoms. The molecule has 0 aliphatic carbocycles. The average Bonchev–Trinajstić information content (AvgIpc) is 3.28. The number of fused-ring (bicyclic) bond motifs is 1. The maximum Gasteiger partial charge on any atom is 0.155 e. The van der Waals surface area contributed by atoms with Gasteiger partial charge in [0.05, 0.1) is 11.3 Å². The summed E-state index contributed by atoms with van der Waals surface area (Å²) in [5, 5.41) is 8.36. The fourth-order valence-corrected chi connectivity index (χ4v) is 3.55. The van der Waals surface area contributed by atoms with E-state index in [1.165, 1.54) is 32.1 Å². The number of rotatable bonds is 4. The maximum absolute atomic E-state index is 13.2. The van der Waals surface area contributed by atoms with Crippen molar-refractivity contribution in [1.29, 1.82) is 0 Å². The van der Waals surface area contributed by atoms with Crippen molar-refractivity contribution < 1.29 is 38.8 Å². The first kappa shape index (κ1) is 26.7. The fraction of sp³-hybridized carbons (Fsp3) is 0.0667. The van der Waals surface area contributed by atoms with Gasteiger partial charge in [0.1, 0.15) is 11.6 Å². The van der Waals surface area contributed by atoms with Crippen LogP contribution in [0, 0.1) is 11.9 Å². The van der Waals surface area contributed by atoms with Gasteiger partial charge >= 0.3 is 0 Å². The number of hydrogen-bond acceptors (Lipinski definition) is 4. The third kappa shape index (κ3) is 6.85. The van der Waals surface area contributed by atoms with E-state index in [0.29, 0.717) is 11.3 Å². The van der Waals surface area contributed by atoms with Gasteiger partial charge in [-0.2, -0.15) is 0 Å². The molecule has 0 saturated heterocycles. The number of carbonyl (C=O) groups is 1. The Balaban J connectivity index is 0.000000400. The van der Waals surface area contributed by atoms with Crippen LogP contribution in [0.2, 0.25) is 0 Å². The van der Waals surface area contributed by atoms with E-state index >= 15 is 0 Å². The SMILES string of the molecule is CC(=O)/C=C(/C)O.Fc1ccc(-c2cc3nc(-c4[c-]ccc(-c5ccccc5)c4)ccc3o2)cc1.[Ir]. The van der Waals surface area contributed by atoms with E-state index in [1.807, 2.05) is 48.5 Å². The van der Waals surface area contributed by atoms with Crippen molar-refractivity contribution in [2.45, 2.75) is 13.8 Å². The number of hydrogen-bond donors (Lipinski definition) is 1. The predicted octanol–water partition coefficient (Wildman–Crippen LogP) is 7.80. The van der Waals surface area contributed by atoms with Gasteiger partial charge in [-0.15, -0.1) is 35.4 Å². The molecule has 0 aliphatic heterocycles. The Hall–Kier alpha value is -3.86. The molecule has 2 heterocycles. The summed E-state index contributed by atoms with van der Waals surface area (Å²) in [4.78, 5) is 14.8. The van der Waals surface area contributed by atoms with Crippen molar-refractivity contribution in [1.82, 2.24) is 4.98 Å². The summed E-state index contributed by atoms with van der Waals surface area (Å²) in [7, 11) is 0. The molecule has 0 atom stereocenters. The number of benzene rings is 3. The largest absolute Gasteiger partial charge is 0.512 e. The monoisotopic (exact) mass is 657 g/mol. The Kier molecular flexibility index (Phi) is 9.07. The Morgan fingerprint density at radius 2 is 1.64 bits per heavy atom. The Bertz CT molecular complexity index is 1490. The molecule has 4 nitrogen and oxygen atoms in total. The van der Waals surface area contributed by atoms with Crippen LogP contribution in [-0.4, -0.2) is 15.9 Å². The number of pyridine rings is 1. The van der Waals surface area contributed by atoms with Crippen molar-refractivity contribution in [3.05, 3.63) is 115 Å².